The molecular weight excluding hydrogens is 320 g/mol. The van der Waals surface area contributed by atoms with Crippen molar-refractivity contribution < 1.29 is 14.6 Å². The number of esters is 1. The lowest BCUT2D eigenvalue weighted by Gasteiger charge is -2.30. The number of aliphatic hydroxyl groups is 1. The molecule has 0 saturated carbocycles. The van der Waals surface area contributed by atoms with E-state index >= 15 is 0 Å². The third kappa shape index (κ3) is 3.88. The number of nitrogens with zero attached hydrogens (tertiary/aromatic N) is 3. The molecule has 25 heavy (non-hydrogen) atoms. The molecule has 0 unspecified atom stereocenters. The molecule has 7 nitrogen and oxygen atoms in total. The van der Waals surface area contributed by atoms with Crippen LogP contribution in [-0.4, -0.2) is 47.3 Å². The molecule has 0 aliphatic carbocycles. The van der Waals surface area contributed by atoms with E-state index in [0.717, 1.165) is 25.3 Å². The van der Waals surface area contributed by atoms with Gasteiger partial charge in [0, 0.05) is 25.3 Å². The fourth-order valence-corrected chi connectivity index (χ4v) is 2.85. The molecule has 132 valence electrons. The quantitative estimate of drug-likeness (QED) is 0.798. The van der Waals surface area contributed by atoms with Crippen LogP contribution in [0.1, 0.15) is 28.4 Å². The average molecular weight is 342 g/mol. The standard InChI is InChI=1S/C18H22N4O3/c1-12(11-23)20-18-19-7-5-16(21-18)22-8-6-13-9-14(17(24)25-2)3-4-15(13)10-22/h3-5,7,9,12,23H,6,8,10-11H2,1-2H3,(H,19,20,21)/t12-/m0/s1. The molecule has 3 rings (SSSR count). The summed E-state index contributed by atoms with van der Waals surface area (Å²) in [5.74, 6) is 1.03. The van der Waals surface area contributed by atoms with Crippen LogP contribution < -0.4 is 10.2 Å². The highest BCUT2D eigenvalue weighted by molar-refractivity contribution is 5.89. The average Bonchev–Trinajstić information content (AvgIpc) is 2.66. The van der Waals surface area contributed by atoms with Crippen LogP contribution in [0.3, 0.4) is 0 Å². The molecule has 0 amide bonds. The molecule has 1 atom stereocenters. The molecule has 0 saturated heterocycles. The van der Waals surface area contributed by atoms with Crippen LogP contribution in [0.2, 0.25) is 0 Å². The number of benzene rings is 1. The van der Waals surface area contributed by atoms with Crippen LogP contribution in [0.25, 0.3) is 0 Å². The second kappa shape index (κ2) is 7.48. The largest absolute Gasteiger partial charge is 0.465 e. The van der Waals surface area contributed by atoms with Gasteiger partial charge in [0.05, 0.1) is 19.3 Å². The first-order chi connectivity index (χ1) is 12.1. The minimum Gasteiger partial charge on any atom is -0.465 e. The van der Waals surface area contributed by atoms with Gasteiger partial charge in [-0.25, -0.2) is 9.78 Å². The SMILES string of the molecule is COC(=O)c1ccc2c(c1)CCN(c1ccnc(N[C@@H](C)CO)n1)C2. The number of carbonyl (C=O) groups excluding carboxylic acids is 1. The minimum atomic E-state index is -0.310. The van der Waals surface area contributed by atoms with Crippen LogP contribution in [-0.2, 0) is 17.7 Å². The summed E-state index contributed by atoms with van der Waals surface area (Å²) in [6, 6.07) is 7.46. The first-order valence-electron chi connectivity index (χ1n) is 8.26. The van der Waals surface area contributed by atoms with Gasteiger partial charge < -0.3 is 20.1 Å². The minimum absolute atomic E-state index is 0.0210. The Labute approximate surface area is 146 Å². The van der Waals surface area contributed by atoms with E-state index in [1.807, 2.05) is 25.1 Å². The van der Waals surface area contributed by atoms with Crippen molar-refractivity contribution >= 4 is 17.7 Å². The number of hydrogen-bond donors (Lipinski definition) is 2. The maximum Gasteiger partial charge on any atom is 0.337 e. The van der Waals surface area contributed by atoms with Crippen molar-refractivity contribution in [1.29, 1.82) is 0 Å². The highest BCUT2D eigenvalue weighted by Crippen LogP contribution is 2.24. The summed E-state index contributed by atoms with van der Waals surface area (Å²) < 4.78 is 4.78. The predicted octanol–water partition coefficient (Wildman–Crippen LogP) is 1.62. The molecule has 1 aromatic heterocycles. The number of aromatic nitrogens is 2. The van der Waals surface area contributed by atoms with Crippen molar-refractivity contribution in [2.75, 3.05) is 30.5 Å². The zero-order valence-corrected chi connectivity index (χ0v) is 14.4. The summed E-state index contributed by atoms with van der Waals surface area (Å²) >= 11 is 0. The molecule has 2 N–H and O–H groups in total. The number of carbonyl (C=O) groups is 1. The van der Waals surface area contributed by atoms with E-state index < -0.39 is 0 Å². The zero-order valence-electron chi connectivity index (χ0n) is 14.4. The second-order valence-electron chi connectivity index (χ2n) is 6.11. The van der Waals surface area contributed by atoms with Gasteiger partial charge in [-0.2, -0.15) is 4.98 Å². The lowest BCUT2D eigenvalue weighted by Crippen LogP contribution is -2.31. The van der Waals surface area contributed by atoms with Gasteiger partial charge in [-0.05, 0) is 42.7 Å². The highest BCUT2D eigenvalue weighted by atomic mass is 16.5. The van der Waals surface area contributed by atoms with Gasteiger partial charge in [-0.1, -0.05) is 6.07 Å². The Morgan fingerprint density at radius 3 is 3.00 bits per heavy atom. The van der Waals surface area contributed by atoms with E-state index in [1.165, 1.54) is 18.2 Å². The zero-order chi connectivity index (χ0) is 17.8. The third-order valence-corrected chi connectivity index (χ3v) is 4.25. The van der Waals surface area contributed by atoms with Gasteiger partial charge in [0.25, 0.3) is 0 Å². The van der Waals surface area contributed by atoms with Gasteiger partial charge in [0.15, 0.2) is 0 Å². The Kier molecular flexibility index (Phi) is 5.14. The van der Waals surface area contributed by atoms with E-state index in [9.17, 15) is 4.79 Å². The Hall–Kier alpha value is -2.67. The molecule has 1 aliphatic rings. The number of methoxy groups -OCH3 is 1. The van der Waals surface area contributed by atoms with Gasteiger partial charge in [-0.3, -0.25) is 0 Å². The molecule has 2 heterocycles. The number of rotatable bonds is 5. The molecule has 0 fully saturated rings. The Morgan fingerprint density at radius 1 is 1.40 bits per heavy atom. The molecule has 1 aromatic carbocycles. The number of aliphatic hydroxyl groups excluding tert-OH is 1. The van der Waals surface area contributed by atoms with Crippen molar-refractivity contribution in [1.82, 2.24) is 9.97 Å². The van der Waals surface area contributed by atoms with Crippen molar-refractivity contribution in [3.05, 3.63) is 47.2 Å². The first-order valence-corrected chi connectivity index (χ1v) is 8.26. The van der Waals surface area contributed by atoms with E-state index in [4.69, 9.17) is 9.84 Å². The van der Waals surface area contributed by atoms with Crippen molar-refractivity contribution in [3.63, 3.8) is 0 Å². The Bertz CT molecular complexity index is 766. The van der Waals surface area contributed by atoms with Crippen LogP contribution in [0.5, 0.6) is 0 Å². The monoisotopic (exact) mass is 342 g/mol. The van der Waals surface area contributed by atoms with Crippen LogP contribution in [0.4, 0.5) is 11.8 Å². The van der Waals surface area contributed by atoms with Gasteiger partial charge in [0.1, 0.15) is 5.82 Å². The third-order valence-electron chi connectivity index (χ3n) is 4.25. The normalized spacial score (nSPS) is 14.6. The highest BCUT2D eigenvalue weighted by Gasteiger charge is 2.19. The molecule has 1 aliphatic heterocycles. The van der Waals surface area contributed by atoms with E-state index in [2.05, 4.69) is 20.2 Å². The molecule has 7 heteroatoms. The molecule has 0 bridgehead atoms. The summed E-state index contributed by atoms with van der Waals surface area (Å²) in [6.07, 6.45) is 2.55. The smallest absolute Gasteiger partial charge is 0.337 e. The van der Waals surface area contributed by atoms with Crippen molar-refractivity contribution in [2.45, 2.75) is 25.9 Å². The van der Waals surface area contributed by atoms with Crippen LogP contribution in [0, 0.1) is 0 Å². The fourth-order valence-electron chi connectivity index (χ4n) is 2.85. The topological polar surface area (TPSA) is 87.6 Å². The molecular formula is C18H22N4O3. The fraction of sp³-hybridized carbons (Fsp3) is 0.389. The summed E-state index contributed by atoms with van der Waals surface area (Å²) in [6.45, 7) is 3.42. The maximum atomic E-state index is 11.7. The van der Waals surface area contributed by atoms with E-state index in [-0.39, 0.29) is 18.6 Å². The first kappa shape index (κ1) is 17.2. The number of ether oxygens (including phenoxy) is 1. The van der Waals surface area contributed by atoms with Gasteiger partial charge in [0.2, 0.25) is 5.95 Å². The lowest BCUT2D eigenvalue weighted by molar-refractivity contribution is 0.0600. The van der Waals surface area contributed by atoms with Crippen LogP contribution in [0.15, 0.2) is 30.5 Å². The van der Waals surface area contributed by atoms with Crippen molar-refractivity contribution in [2.24, 2.45) is 0 Å². The predicted molar refractivity (Wildman–Crippen MR) is 94.7 cm³/mol. The number of hydrogen-bond acceptors (Lipinski definition) is 7. The number of fused-ring (bicyclic) bond motifs is 1. The lowest BCUT2D eigenvalue weighted by atomic mass is 9.97. The molecule has 0 spiro atoms. The molecule has 0 radical (unpaired) electrons. The summed E-state index contributed by atoms with van der Waals surface area (Å²) in [5.41, 5.74) is 2.93. The van der Waals surface area contributed by atoms with E-state index in [1.54, 1.807) is 12.3 Å². The molecule has 2 aromatic rings. The Balaban J connectivity index is 1.76. The summed E-state index contributed by atoms with van der Waals surface area (Å²) in [4.78, 5) is 22.6. The van der Waals surface area contributed by atoms with Crippen LogP contribution >= 0.6 is 0 Å². The summed E-state index contributed by atoms with van der Waals surface area (Å²) in [7, 11) is 1.39. The summed E-state index contributed by atoms with van der Waals surface area (Å²) in [5, 5.41) is 12.2. The van der Waals surface area contributed by atoms with Crippen molar-refractivity contribution in [3.8, 4) is 0 Å². The Morgan fingerprint density at radius 2 is 2.24 bits per heavy atom. The second-order valence-corrected chi connectivity index (χ2v) is 6.11. The van der Waals surface area contributed by atoms with E-state index in [0.29, 0.717) is 11.5 Å². The van der Waals surface area contributed by atoms with Gasteiger partial charge >= 0.3 is 5.97 Å². The van der Waals surface area contributed by atoms with Gasteiger partial charge in [-0.15, -0.1) is 0 Å². The number of anilines is 2. The number of nitrogens with one attached hydrogen (secondary N) is 1. The maximum absolute atomic E-state index is 11.7.